The number of benzene rings is 3. The molecule has 0 saturated heterocycles. The van der Waals surface area contributed by atoms with Crippen LogP contribution in [0.4, 0.5) is 4.39 Å². The minimum atomic E-state index is -0.378. The number of hydrogen-bond acceptors (Lipinski definition) is 2. The van der Waals surface area contributed by atoms with E-state index in [1.165, 1.54) is 6.07 Å². The fourth-order valence-electron chi connectivity index (χ4n) is 3.54. The molecule has 2 unspecified atom stereocenters. The summed E-state index contributed by atoms with van der Waals surface area (Å²) in [6, 6.07) is 17.8. The highest BCUT2D eigenvalue weighted by Gasteiger charge is 2.31. The first kappa shape index (κ1) is 20.0. The molecule has 1 aliphatic heterocycles. The van der Waals surface area contributed by atoms with Crippen molar-refractivity contribution >= 4 is 33.2 Å². The lowest BCUT2D eigenvalue weighted by atomic mass is 9.97. The minimum absolute atomic E-state index is 0.158. The van der Waals surface area contributed by atoms with Gasteiger partial charge < -0.3 is 15.7 Å². The van der Waals surface area contributed by atoms with Crippen LogP contribution < -0.4 is 10.6 Å². The molecule has 29 heavy (non-hydrogen) atoms. The molecule has 0 amide bonds. The van der Waals surface area contributed by atoms with Crippen molar-refractivity contribution in [3.63, 3.8) is 0 Å². The second-order valence-corrected chi connectivity index (χ2v) is 8.51. The number of phenols is 1. The van der Waals surface area contributed by atoms with Gasteiger partial charge in [-0.1, -0.05) is 57.4 Å². The van der Waals surface area contributed by atoms with Gasteiger partial charge in [-0.25, -0.2) is 4.39 Å². The molecule has 3 aromatic carbocycles. The average Bonchev–Trinajstić information content (AvgIpc) is 2.72. The number of halogens is 3. The molecule has 0 saturated carbocycles. The van der Waals surface area contributed by atoms with E-state index in [0.717, 1.165) is 21.3 Å². The molecule has 6 heteroatoms. The maximum atomic E-state index is 14.6. The molecule has 2 atom stereocenters. The number of nitrogens with two attached hydrogens (primary N) is 1. The lowest BCUT2D eigenvalue weighted by Gasteiger charge is -2.30. The van der Waals surface area contributed by atoms with Gasteiger partial charge in [0, 0.05) is 21.3 Å². The second kappa shape index (κ2) is 8.19. The first-order valence-corrected chi connectivity index (χ1v) is 10.4. The van der Waals surface area contributed by atoms with E-state index in [1.54, 1.807) is 30.3 Å². The van der Waals surface area contributed by atoms with Crippen LogP contribution in [-0.4, -0.2) is 5.11 Å². The van der Waals surface area contributed by atoms with Crippen LogP contribution in [0, 0.1) is 12.7 Å². The number of nitrogens with one attached hydrogen (secondary N) is 1. The second-order valence-electron chi connectivity index (χ2n) is 7.16. The first-order valence-electron chi connectivity index (χ1n) is 9.24. The third kappa shape index (κ3) is 4.32. The lowest BCUT2D eigenvalue weighted by molar-refractivity contribution is -0.731. The van der Waals surface area contributed by atoms with Crippen LogP contribution in [0.3, 0.4) is 0 Å². The predicted molar refractivity (Wildman–Crippen MR) is 117 cm³/mol. The molecule has 3 nitrogen and oxygen atoms in total. The van der Waals surface area contributed by atoms with Gasteiger partial charge >= 0.3 is 0 Å². The monoisotopic (exact) mass is 473 g/mol. The maximum absolute atomic E-state index is 14.6. The first-order chi connectivity index (χ1) is 13.9. The van der Waals surface area contributed by atoms with Crippen LogP contribution in [0.15, 0.2) is 71.2 Å². The van der Waals surface area contributed by atoms with E-state index in [0.29, 0.717) is 16.1 Å². The largest absolute Gasteiger partial charge is 0.507 e. The Bertz CT molecular complexity index is 1080. The number of quaternary nitrogens is 1. The number of aromatic hydroxyl groups is 1. The molecule has 0 aliphatic carbocycles. The smallest absolute Gasteiger partial charge is 0.189 e. The fraction of sp³-hybridized carbons (Fsp3) is 0.130. The summed E-state index contributed by atoms with van der Waals surface area (Å²) in [5.41, 5.74) is 4.25. The van der Waals surface area contributed by atoms with Crippen molar-refractivity contribution in [2.45, 2.75) is 19.1 Å². The van der Waals surface area contributed by atoms with E-state index in [1.807, 2.05) is 42.6 Å². The average molecular weight is 475 g/mol. The Hall–Kier alpha value is -2.34. The molecule has 0 fully saturated rings. The zero-order valence-electron chi connectivity index (χ0n) is 15.7. The van der Waals surface area contributed by atoms with Gasteiger partial charge in [0.2, 0.25) is 0 Å². The Kier molecular flexibility index (Phi) is 5.63. The summed E-state index contributed by atoms with van der Waals surface area (Å²) in [5, 5.41) is 16.4. The standard InChI is InChI=1S/C23H19BrClFN2O/c1-13-2-4-14(5-3-13)20-12-21(18-11-16(25)7-9-22(18)29)28-23(27-20)17-10-15(24)6-8-19(17)26/h2-12,21,23,27-29H,1H3/p+1. The van der Waals surface area contributed by atoms with Crippen molar-refractivity contribution < 1.29 is 14.8 Å². The highest BCUT2D eigenvalue weighted by molar-refractivity contribution is 9.10. The number of phenolic OH excluding ortho intramolecular Hbond substituents is 1. The van der Waals surface area contributed by atoms with Gasteiger partial charge in [-0.15, -0.1) is 0 Å². The summed E-state index contributed by atoms with van der Waals surface area (Å²) in [4.78, 5) is 0. The van der Waals surface area contributed by atoms with E-state index in [9.17, 15) is 9.50 Å². The molecule has 4 rings (SSSR count). The minimum Gasteiger partial charge on any atom is -0.507 e. The van der Waals surface area contributed by atoms with E-state index < -0.39 is 0 Å². The Morgan fingerprint density at radius 3 is 2.55 bits per heavy atom. The third-order valence-electron chi connectivity index (χ3n) is 5.06. The number of rotatable bonds is 3. The molecule has 1 heterocycles. The van der Waals surface area contributed by atoms with Crippen molar-refractivity contribution in [1.29, 1.82) is 0 Å². The SMILES string of the molecule is Cc1ccc(C2=CC(c3cc(Cl)ccc3O)[NH2+]C(c3cc(Br)ccc3F)N2)cc1. The van der Waals surface area contributed by atoms with Crippen molar-refractivity contribution in [3.8, 4) is 5.75 Å². The van der Waals surface area contributed by atoms with Gasteiger partial charge in [-0.3, -0.25) is 0 Å². The van der Waals surface area contributed by atoms with Gasteiger partial charge in [0.05, 0.1) is 11.1 Å². The van der Waals surface area contributed by atoms with Gasteiger partial charge in [-0.2, -0.15) is 0 Å². The quantitative estimate of drug-likeness (QED) is 0.488. The maximum Gasteiger partial charge on any atom is 0.189 e. The van der Waals surface area contributed by atoms with Crippen molar-refractivity contribution in [2.75, 3.05) is 0 Å². The Labute approximate surface area is 182 Å². The lowest BCUT2D eigenvalue weighted by Crippen LogP contribution is -2.90. The predicted octanol–water partition coefficient (Wildman–Crippen LogP) is 5.20. The zero-order valence-corrected chi connectivity index (χ0v) is 18.0. The zero-order chi connectivity index (χ0) is 20.5. The normalized spacial score (nSPS) is 18.8. The molecule has 0 bridgehead atoms. The topological polar surface area (TPSA) is 48.9 Å². The Morgan fingerprint density at radius 1 is 1.03 bits per heavy atom. The van der Waals surface area contributed by atoms with E-state index in [-0.39, 0.29) is 23.8 Å². The summed E-state index contributed by atoms with van der Waals surface area (Å²) in [5.74, 6) is -0.133. The highest BCUT2D eigenvalue weighted by atomic mass is 79.9. The van der Waals surface area contributed by atoms with Gasteiger partial charge in [-0.05, 0) is 48.9 Å². The van der Waals surface area contributed by atoms with Crippen LogP contribution in [0.5, 0.6) is 5.75 Å². The highest BCUT2D eigenvalue weighted by Crippen LogP contribution is 2.31. The fourth-order valence-corrected chi connectivity index (χ4v) is 4.10. The molecular weight excluding hydrogens is 455 g/mol. The Morgan fingerprint density at radius 2 is 1.79 bits per heavy atom. The van der Waals surface area contributed by atoms with Gasteiger partial charge in [0.1, 0.15) is 17.6 Å². The van der Waals surface area contributed by atoms with Crippen LogP contribution in [0.25, 0.3) is 5.70 Å². The molecular formula is C23H20BrClFN2O+. The van der Waals surface area contributed by atoms with Crippen LogP contribution in [0.2, 0.25) is 5.02 Å². The molecule has 148 valence electrons. The third-order valence-corrected chi connectivity index (χ3v) is 5.79. The molecule has 0 spiro atoms. The Balaban J connectivity index is 1.80. The van der Waals surface area contributed by atoms with E-state index in [2.05, 4.69) is 21.2 Å². The van der Waals surface area contributed by atoms with Crippen molar-refractivity contribution in [3.05, 3.63) is 104 Å². The van der Waals surface area contributed by atoms with Crippen LogP contribution in [-0.2, 0) is 0 Å². The van der Waals surface area contributed by atoms with Crippen LogP contribution in [0.1, 0.15) is 34.5 Å². The molecule has 4 N–H and O–H groups in total. The molecule has 3 aromatic rings. The van der Waals surface area contributed by atoms with E-state index >= 15 is 0 Å². The van der Waals surface area contributed by atoms with Crippen molar-refractivity contribution in [1.82, 2.24) is 5.32 Å². The number of hydrogen-bond donors (Lipinski definition) is 3. The summed E-state index contributed by atoms with van der Waals surface area (Å²) < 4.78 is 15.4. The summed E-state index contributed by atoms with van der Waals surface area (Å²) >= 11 is 9.61. The summed E-state index contributed by atoms with van der Waals surface area (Å²) in [6.07, 6.45) is 1.65. The van der Waals surface area contributed by atoms with E-state index in [4.69, 9.17) is 11.6 Å². The van der Waals surface area contributed by atoms with Gasteiger partial charge in [0.15, 0.2) is 6.17 Å². The number of aryl methyl sites for hydroxylation is 1. The molecule has 0 radical (unpaired) electrons. The van der Waals surface area contributed by atoms with Crippen molar-refractivity contribution in [2.24, 2.45) is 0 Å². The molecule has 0 aromatic heterocycles. The van der Waals surface area contributed by atoms with Crippen LogP contribution >= 0.6 is 27.5 Å². The van der Waals surface area contributed by atoms with Gasteiger partial charge in [0.25, 0.3) is 0 Å². The molecule has 1 aliphatic rings. The summed E-state index contributed by atoms with van der Waals surface area (Å²) in [6.45, 7) is 2.03. The summed E-state index contributed by atoms with van der Waals surface area (Å²) in [7, 11) is 0.